The van der Waals surface area contributed by atoms with Crippen LogP contribution in [0.3, 0.4) is 0 Å². The predicted octanol–water partition coefficient (Wildman–Crippen LogP) is 4.43. The molecular weight excluding hydrogens is 390 g/mol. The van der Waals surface area contributed by atoms with Crippen LogP contribution in [0.25, 0.3) is 6.08 Å². The minimum absolute atomic E-state index is 0.210. The minimum Gasteiger partial charge on any atom is -0.462 e. The highest BCUT2D eigenvalue weighted by Gasteiger charge is 2.28. The topological polar surface area (TPSA) is 73.9 Å². The molecule has 0 fully saturated rings. The van der Waals surface area contributed by atoms with Crippen LogP contribution in [0.5, 0.6) is 11.5 Å². The summed E-state index contributed by atoms with van der Waals surface area (Å²) in [6.07, 6.45) is 5.96. The molecule has 0 saturated carbocycles. The Hall–Kier alpha value is -2.80. The Bertz CT molecular complexity index is 978. The van der Waals surface area contributed by atoms with Gasteiger partial charge in [-0.3, -0.25) is 4.79 Å². The van der Waals surface area contributed by atoms with Gasteiger partial charge in [0.25, 0.3) is 0 Å². The van der Waals surface area contributed by atoms with Crippen molar-refractivity contribution in [3.8, 4) is 11.5 Å². The van der Waals surface area contributed by atoms with Gasteiger partial charge in [0.1, 0.15) is 5.00 Å². The monoisotopic (exact) mass is 413 g/mol. The molecule has 4 rings (SSSR count). The maximum atomic E-state index is 12.5. The number of nitrogens with one attached hydrogen (secondary N) is 1. The van der Waals surface area contributed by atoms with Gasteiger partial charge in [0, 0.05) is 11.0 Å². The third-order valence-electron chi connectivity index (χ3n) is 5.05. The average molecular weight is 413 g/mol. The molecule has 0 bridgehead atoms. The maximum Gasteiger partial charge on any atom is 0.341 e. The number of fused-ring (bicyclic) bond motifs is 2. The van der Waals surface area contributed by atoms with Crippen molar-refractivity contribution in [2.24, 2.45) is 5.92 Å². The van der Waals surface area contributed by atoms with Crippen molar-refractivity contribution in [2.45, 2.75) is 33.1 Å². The van der Waals surface area contributed by atoms with Crippen LogP contribution in [-0.2, 0) is 22.4 Å². The molecule has 2 aliphatic rings. The second-order valence-electron chi connectivity index (χ2n) is 7.21. The summed E-state index contributed by atoms with van der Waals surface area (Å²) in [7, 11) is 0. The van der Waals surface area contributed by atoms with Gasteiger partial charge in [-0.2, -0.15) is 0 Å². The van der Waals surface area contributed by atoms with Crippen LogP contribution in [0.1, 0.15) is 46.6 Å². The standard InChI is InChI=1S/C22H23NO5S/c1-3-26-22(25)20-15-7-4-13(2)10-18(15)29-21(20)23-19(24)9-6-14-5-8-16-17(11-14)28-12-27-16/h5-6,8-9,11,13H,3-4,7,10,12H2,1-2H3,(H,23,24)/b9-6+/t13-/m1/s1. The molecule has 1 aromatic carbocycles. The van der Waals surface area contributed by atoms with Crippen molar-refractivity contribution >= 4 is 34.3 Å². The van der Waals surface area contributed by atoms with Crippen molar-refractivity contribution in [1.29, 1.82) is 0 Å². The van der Waals surface area contributed by atoms with Crippen LogP contribution in [0.4, 0.5) is 5.00 Å². The fourth-order valence-electron chi connectivity index (χ4n) is 3.60. The van der Waals surface area contributed by atoms with Gasteiger partial charge in [-0.15, -0.1) is 11.3 Å². The van der Waals surface area contributed by atoms with Crippen LogP contribution in [0.15, 0.2) is 24.3 Å². The van der Waals surface area contributed by atoms with E-state index in [0.717, 1.165) is 30.4 Å². The lowest BCUT2D eigenvalue weighted by Crippen LogP contribution is -2.15. The zero-order valence-corrected chi connectivity index (χ0v) is 17.3. The molecule has 0 radical (unpaired) electrons. The molecule has 7 heteroatoms. The molecule has 29 heavy (non-hydrogen) atoms. The van der Waals surface area contributed by atoms with E-state index in [1.54, 1.807) is 13.0 Å². The maximum absolute atomic E-state index is 12.5. The Morgan fingerprint density at radius 3 is 2.97 bits per heavy atom. The van der Waals surface area contributed by atoms with Crippen molar-refractivity contribution in [3.05, 3.63) is 45.8 Å². The Kier molecular flexibility index (Phi) is 5.58. The molecule has 6 nitrogen and oxygen atoms in total. The van der Waals surface area contributed by atoms with Gasteiger partial charge in [-0.05, 0) is 61.4 Å². The fraction of sp³-hybridized carbons (Fsp3) is 0.364. The summed E-state index contributed by atoms with van der Waals surface area (Å²) in [6, 6.07) is 5.49. The first-order valence-corrected chi connectivity index (χ1v) is 10.6. The molecule has 0 saturated heterocycles. The van der Waals surface area contributed by atoms with E-state index in [2.05, 4.69) is 12.2 Å². The zero-order chi connectivity index (χ0) is 20.4. The molecule has 152 valence electrons. The van der Waals surface area contributed by atoms with Crippen molar-refractivity contribution in [3.63, 3.8) is 0 Å². The first-order chi connectivity index (χ1) is 14.0. The third-order valence-corrected chi connectivity index (χ3v) is 6.22. The number of hydrogen-bond acceptors (Lipinski definition) is 6. The highest BCUT2D eigenvalue weighted by atomic mass is 32.1. The van der Waals surface area contributed by atoms with E-state index in [0.29, 0.717) is 34.6 Å². The van der Waals surface area contributed by atoms with Gasteiger partial charge in [0.15, 0.2) is 11.5 Å². The van der Waals surface area contributed by atoms with Crippen LogP contribution < -0.4 is 14.8 Å². The Morgan fingerprint density at radius 1 is 1.31 bits per heavy atom. The summed E-state index contributed by atoms with van der Waals surface area (Å²) in [4.78, 5) is 26.2. The summed E-state index contributed by atoms with van der Waals surface area (Å²) >= 11 is 1.48. The summed E-state index contributed by atoms with van der Waals surface area (Å²) in [6.45, 7) is 4.50. The Balaban J connectivity index is 1.53. The number of carbonyl (C=O) groups is 2. The number of ether oxygens (including phenoxy) is 3. The average Bonchev–Trinajstić information content (AvgIpc) is 3.29. The molecule has 0 unspecified atom stereocenters. The van der Waals surface area contributed by atoms with Gasteiger partial charge in [-0.25, -0.2) is 4.79 Å². The molecule has 0 spiro atoms. The molecule has 2 aromatic rings. The smallest absolute Gasteiger partial charge is 0.341 e. The lowest BCUT2D eigenvalue weighted by molar-refractivity contribution is -0.111. The van der Waals surface area contributed by atoms with E-state index in [4.69, 9.17) is 14.2 Å². The number of anilines is 1. The predicted molar refractivity (Wildman–Crippen MR) is 112 cm³/mol. The first-order valence-electron chi connectivity index (χ1n) is 9.75. The summed E-state index contributed by atoms with van der Waals surface area (Å²) in [5.74, 6) is 1.28. The molecule has 1 atom stereocenters. The molecule has 1 aliphatic heterocycles. The van der Waals surface area contributed by atoms with Crippen LogP contribution in [0, 0.1) is 5.92 Å². The molecular formula is C22H23NO5S. The number of thiophene rings is 1. The second kappa shape index (κ2) is 8.29. The van der Waals surface area contributed by atoms with Crippen LogP contribution in [-0.4, -0.2) is 25.3 Å². The SMILES string of the molecule is CCOC(=O)c1c(NC(=O)/C=C/c2ccc3c(c2)OCO3)sc2c1CC[C@@H](C)C2. The Labute approximate surface area is 173 Å². The van der Waals surface area contributed by atoms with Crippen LogP contribution in [0.2, 0.25) is 0 Å². The molecule has 1 aliphatic carbocycles. The van der Waals surface area contributed by atoms with E-state index in [-0.39, 0.29) is 18.7 Å². The minimum atomic E-state index is -0.366. The van der Waals surface area contributed by atoms with E-state index in [9.17, 15) is 9.59 Å². The quantitative estimate of drug-likeness (QED) is 0.580. The lowest BCUT2D eigenvalue weighted by atomic mass is 9.88. The van der Waals surface area contributed by atoms with E-state index < -0.39 is 0 Å². The number of amides is 1. The van der Waals surface area contributed by atoms with Crippen molar-refractivity contribution < 1.29 is 23.8 Å². The number of esters is 1. The zero-order valence-electron chi connectivity index (χ0n) is 16.4. The molecule has 1 aromatic heterocycles. The highest BCUT2D eigenvalue weighted by molar-refractivity contribution is 7.17. The van der Waals surface area contributed by atoms with Crippen molar-refractivity contribution in [2.75, 3.05) is 18.7 Å². The third kappa shape index (κ3) is 4.15. The number of benzene rings is 1. The molecule has 2 heterocycles. The van der Waals surface area contributed by atoms with Gasteiger partial charge in [-0.1, -0.05) is 13.0 Å². The van der Waals surface area contributed by atoms with Crippen molar-refractivity contribution in [1.82, 2.24) is 0 Å². The largest absolute Gasteiger partial charge is 0.462 e. The van der Waals surface area contributed by atoms with Gasteiger partial charge in [0.05, 0.1) is 12.2 Å². The molecule has 1 N–H and O–H groups in total. The highest BCUT2D eigenvalue weighted by Crippen LogP contribution is 2.40. The van der Waals surface area contributed by atoms with E-state index in [1.165, 1.54) is 22.3 Å². The second-order valence-corrected chi connectivity index (χ2v) is 8.32. The van der Waals surface area contributed by atoms with Gasteiger partial charge in [0.2, 0.25) is 12.7 Å². The Morgan fingerprint density at radius 2 is 2.14 bits per heavy atom. The number of rotatable bonds is 5. The van der Waals surface area contributed by atoms with Crippen LogP contribution >= 0.6 is 11.3 Å². The van der Waals surface area contributed by atoms with Gasteiger partial charge >= 0.3 is 5.97 Å². The summed E-state index contributed by atoms with van der Waals surface area (Å²) in [5, 5.41) is 3.45. The van der Waals surface area contributed by atoms with E-state index >= 15 is 0 Å². The van der Waals surface area contributed by atoms with E-state index in [1.807, 2.05) is 18.2 Å². The molecule has 1 amide bonds. The normalized spacial score (nSPS) is 17.2. The lowest BCUT2D eigenvalue weighted by Gasteiger charge is -2.18. The number of carbonyl (C=O) groups excluding carboxylic acids is 2. The summed E-state index contributed by atoms with van der Waals surface area (Å²) in [5.41, 5.74) is 2.37. The fourth-order valence-corrected chi connectivity index (χ4v) is 5.00. The first kappa shape index (κ1) is 19.5. The van der Waals surface area contributed by atoms with Gasteiger partial charge < -0.3 is 19.5 Å². The summed E-state index contributed by atoms with van der Waals surface area (Å²) < 4.78 is 15.9. The number of hydrogen-bond donors (Lipinski definition) is 1.